The Bertz CT molecular complexity index is 1520. The van der Waals surface area contributed by atoms with Gasteiger partial charge in [0, 0.05) is 34.8 Å². The van der Waals surface area contributed by atoms with Gasteiger partial charge in [0.1, 0.15) is 11.8 Å². The van der Waals surface area contributed by atoms with E-state index < -0.39 is 40.7 Å². The molecule has 0 bridgehead atoms. The van der Waals surface area contributed by atoms with Crippen LogP contribution in [-0.2, 0) is 16.0 Å². The number of aliphatic hydroxyl groups is 1. The monoisotopic (exact) mass is 616 g/mol. The molecule has 3 atom stereocenters. The van der Waals surface area contributed by atoms with Crippen LogP contribution in [0.5, 0.6) is 5.75 Å². The fourth-order valence-electron chi connectivity index (χ4n) is 4.99. The number of esters is 1. The number of hydrogen-bond acceptors (Lipinski definition) is 8. The van der Waals surface area contributed by atoms with Crippen molar-refractivity contribution < 1.29 is 29.0 Å². The second-order valence-corrected chi connectivity index (χ2v) is 12.5. The predicted octanol–water partition coefficient (Wildman–Crippen LogP) is 3.29. The highest BCUT2D eigenvalue weighted by atomic mass is 32.2. The summed E-state index contributed by atoms with van der Waals surface area (Å²) < 4.78 is 4.93. The minimum Gasteiger partial charge on any atom is -0.423 e. The summed E-state index contributed by atoms with van der Waals surface area (Å²) in [7, 11) is 0. The van der Waals surface area contributed by atoms with Crippen molar-refractivity contribution in [3.8, 4) is 5.75 Å². The van der Waals surface area contributed by atoms with E-state index in [4.69, 9.17) is 4.74 Å². The Balaban J connectivity index is 1.58. The average molecular weight is 617 g/mol. The van der Waals surface area contributed by atoms with Crippen molar-refractivity contribution in [2.45, 2.75) is 50.1 Å². The zero-order valence-electron chi connectivity index (χ0n) is 24.9. The number of pyridine rings is 1. The number of rotatable bonds is 11. The van der Waals surface area contributed by atoms with Crippen LogP contribution in [0, 0.1) is 6.92 Å². The summed E-state index contributed by atoms with van der Waals surface area (Å²) in [6, 6.07) is 15.2. The number of aliphatic hydroxyl groups excluding tert-OH is 1. The molecule has 1 aliphatic heterocycles. The van der Waals surface area contributed by atoms with Crippen molar-refractivity contribution in [2.75, 3.05) is 12.4 Å². The van der Waals surface area contributed by atoms with Crippen molar-refractivity contribution in [3.05, 3.63) is 108 Å². The quantitative estimate of drug-likeness (QED) is 0.170. The van der Waals surface area contributed by atoms with Gasteiger partial charge in [-0.2, -0.15) is 0 Å². The van der Waals surface area contributed by atoms with Crippen LogP contribution < -0.4 is 15.4 Å². The first-order valence-electron chi connectivity index (χ1n) is 14.1. The van der Waals surface area contributed by atoms with Crippen molar-refractivity contribution in [1.29, 1.82) is 0 Å². The molecule has 3 aromatic rings. The van der Waals surface area contributed by atoms with Gasteiger partial charge in [0.05, 0.1) is 17.5 Å². The molecule has 11 heteroatoms. The molecule has 1 saturated heterocycles. The number of hydrogen-bond donors (Lipinski definition) is 3. The van der Waals surface area contributed by atoms with Gasteiger partial charge in [-0.1, -0.05) is 42.5 Å². The first-order chi connectivity index (χ1) is 21.0. The molecule has 3 N–H and O–H groups in total. The molecule has 0 spiro atoms. The molecule has 0 unspecified atom stereocenters. The average Bonchev–Trinajstić information content (AvgIpc) is 3.35. The first-order valence-corrected chi connectivity index (χ1v) is 15.1. The number of carbonyl (C=O) groups excluding carboxylic acids is 4. The number of aromatic nitrogens is 1. The Morgan fingerprint density at radius 2 is 1.89 bits per heavy atom. The van der Waals surface area contributed by atoms with Gasteiger partial charge in [-0.3, -0.25) is 19.4 Å². The summed E-state index contributed by atoms with van der Waals surface area (Å²) in [5.74, 6) is -1.82. The number of nitrogens with zero attached hydrogens (tertiary/aromatic N) is 2. The van der Waals surface area contributed by atoms with Gasteiger partial charge in [0.25, 0.3) is 11.8 Å². The summed E-state index contributed by atoms with van der Waals surface area (Å²) in [5.41, 5.74) is 1.65. The highest BCUT2D eigenvalue weighted by Crippen LogP contribution is 2.40. The third-order valence-electron chi connectivity index (χ3n) is 7.38. The topological polar surface area (TPSA) is 138 Å². The zero-order chi connectivity index (χ0) is 31.9. The Hall–Kier alpha value is -4.48. The van der Waals surface area contributed by atoms with Crippen LogP contribution in [0.3, 0.4) is 0 Å². The molecule has 3 amide bonds. The summed E-state index contributed by atoms with van der Waals surface area (Å²) in [6.07, 6.45) is 2.96. The number of carbonyl (C=O) groups is 4. The molecule has 2 aromatic carbocycles. The minimum absolute atomic E-state index is 0.145. The summed E-state index contributed by atoms with van der Waals surface area (Å²) >= 11 is 1.43. The van der Waals surface area contributed by atoms with Gasteiger partial charge in [-0.05, 0) is 57.0 Å². The minimum atomic E-state index is -1.66. The first kappa shape index (κ1) is 32.4. The van der Waals surface area contributed by atoms with Crippen LogP contribution >= 0.6 is 11.8 Å². The number of nitrogens with one attached hydrogen (secondary N) is 2. The van der Waals surface area contributed by atoms with E-state index >= 15 is 0 Å². The van der Waals surface area contributed by atoms with E-state index in [1.165, 1.54) is 22.9 Å². The van der Waals surface area contributed by atoms with Gasteiger partial charge in [0.2, 0.25) is 5.91 Å². The standard InChI is InChI=1S/C33H36N4O6S/c1-5-16-35-30(40)28-33(3,4)44-20-37(28)31(41)27(38)25(18-22-11-7-6-8-12-22)36-29(39)24-14-9-15-26(21(24)2)43-32(42)23-13-10-17-34-19-23/h5-15,17,19,25,27-28,38H,1,16,18,20H2,2-4H3,(H,35,40)(H,36,39)/t25-,27-,28+/m0/s1. The Morgan fingerprint density at radius 1 is 1.14 bits per heavy atom. The van der Waals surface area contributed by atoms with Crippen molar-refractivity contribution in [3.63, 3.8) is 0 Å². The van der Waals surface area contributed by atoms with Gasteiger partial charge in [-0.15, -0.1) is 18.3 Å². The molecule has 4 rings (SSSR count). The molecular formula is C33H36N4O6S. The SMILES string of the molecule is C=CCNC(=O)[C@H]1N(C(=O)[C@@H](O)[C@H](Cc2ccccc2)NC(=O)c2cccc(OC(=O)c3cccnc3)c2C)CSC1(C)C. The van der Waals surface area contributed by atoms with Crippen molar-refractivity contribution >= 4 is 35.5 Å². The van der Waals surface area contributed by atoms with E-state index in [1.807, 2.05) is 44.2 Å². The van der Waals surface area contributed by atoms with Crippen LogP contribution in [-0.4, -0.2) is 74.0 Å². The number of amides is 3. The van der Waals surface area contributed by atoms with Crippen LogP contribution in [0.15, 0.2) is 85.7 Å². The van der Waals surface area contributed by atoms with Crippen LogP contribution in [0.1, 0.15) is 45.7 Å². The van der Waals surface area contributed by atoms with Gasteiger partial charge in [0.15, 0.2) is 6.10 Å². The van der Waals surface area contributed by atoms with Gasteiger partial charge < -0.3 is 25.4 Å². The molecule has 10 nitrogen and oxygen atoms in total. The Morgan fingerprint density at radius 3 is 2.57 bits per heavy atom. The lowest BCUT2D eigenvalue weighted by atomic mass is 9.96. The highest BCUT2D eigenvalue weighted by Gasteiger charge is 2.49. The molecule has 1 aromatic heterocycles. The lowest BCUT2D eigenvalue weighted by Crippen LogP contribution is -2.58. The fourth-order valence-corrected chi connectivity index (χ4v) is 6.13. The Labute approximate surface area is 260 Å². The van der Waals surface area contributed by atoms with E-state index in [0.717, 1.165) is 5.56 Å². The molecule has 1 fully saturated rings. The molecule has 0 aliphatic carbocycles. The second kappa shape index (κ2) is 14.3. The maximum Gasteiger partial charge on any atom is 0.345 e. The normalized spacial score (nSPS) is 16.8. The number of thioether (sulfide) groups is 1. The number of ether oxygens (including phenoxy) is 1. The molecule has 0 radical (unpaired) electrons. The number of benzene rings is 2. The lowest BCUT2D eigenvalue weighted by Gasteiger charge is -2.33. The summed E-state index contributed by atoms with van der Waals surface area (Å²) in [5, 5.41) is 17.1. The highest BCUT2D eigenvalue weighted by molar-refractivity contribution is 8.00. The smallest absolute Gasteiger partial charge is 0.345 e. The predicted molar refractivity (Wildman–Crippen MR) is 168 cm³/mol. The van der Waals surface area contributed by atoms with Crippen LogP contribution in [0.25, 0.3) is 0 Å². The van der Waals surface area contributed by atoms with Crippen molar-refractivity contribution in [2.24, 2.45) is 0 Å². The molecule has 230 valence electrons. The summed E-state index contributed by atoms with van der Waals surface area (Å²) in [6.45, 7) is 9.25. The van der Waals surface area contributed by atoms with Crippen LogP contribution in [0.2, 0.25) is 0 Å². The Kier molecular flexibility index (Phi) is 10.6. The maximum absolute atomic E-state index is 13.8. The fraction of sp³-hybridized carbons (Fsp3) is 0.303. The van der Waals surface area contributed by atoms with Crippen molar-refractivity contribution in [1.82, 2.24) is 20.5 Å². The molecule has 1 aliphatic rings. The van der Waals surface area contributed by atoms with E-state index in [9.17, 15) is 24.3 Å². The molecule has 2 heterocycles. The van der Waals surface area contributed by atoms with Gasteiger partial charge in [-0.25, -0.2) is 4.79 Å². The largest absolute Gasteiger partial charge is 0.423 e. The lowest BCUT2D eigenvalue weighted by molar-refractivity contribution is -0.147. The second-order valence-electron chi connectivity index (χ2n) is 10.9. The maximum atomic E-state index is 13.8. The van der Waals surface area contributed by atoms with E-state index in [1.54, 1.807) is 49.5 Å². The third-order valence-corrected chi connectivity index (χ3v) is 8.75. The molecule has 44 heavy (non-hydrogen) atoms. The third kappa shape index (κ3) is 7.53. The summed E-state index contributed by atoms with van der Waals surface area (Å²) in [4.78, 5) is 58.4. The van der Waals surface area contributed by atoms with E-state index in [2.05, 4.69) is 22.2 Å². The zero-order valence-corrected chi connectivity index (χ0v) is 25.7. The van der Waals surface area contributed by atoms with E-state index in [0.29, 0.717) is 5.56 Å². The van der Waals surface area contributed by atoms with E-state index in [-0.39, 0.29) is 41.6 Å². The molecule has 0 saturated carbocycles. The molecular weight excluding hydrogens is 580 g/mol. The van der Waals surface area contributed by atoms with Crippen LogP contribution in [0.4, 0.5) is 0 Å². The van der Waals surface area contributed by atoms with Gasteiger partial charge >= 0.3 is 5.97 Å².